The summed E-state index contributed by atoms with van der Waals surface area (Å²) in [6.45, 7) is 1.65. The topological polar surface area (TPSA) is 71.1 Å². The zero-order valence-corrected chi connectivity index (χ0v) is 12.0. The first kappa shape index (κ1) is 15.7. The van der Waals surface area contributed by atoms with Gasteiger partial charge in [-0.15, -0.1) is 12.4 Å². The van der Waals surface area contributed by atoms with E-state index in [4.69, 9.17) is 11.6 Å². The van der Waals surface area contributed by atoms with Crippen LogP contribution in [0.5, 0.6) is 0 Å². The van der Waals surface area contributed by atoms with Crippen LogP contribution in [-0.4, -0.2) is 32.5 Å². The molecule has 5 nitrogen and oxygen atoms in total. The Labute approximate surface area is 118 Å². The van der Waals surface area contributed by atoms with Gasteiger partial charge in [-0.25, -0.2) is 18.1 Å². The highest BCUT2D eigenvalue weighted by Gasteiger charge is 2.24. The zero-order chi connectivity index (χ0) is 12.3. The van der Waals surface area contributed by atoms with Crippen LogP contribution >= 0.6 is 24.0 Å². The molecule has 1 saturated heterocycles. The van der Waals surface area contributed by atoms with Crippen LogP contribution in [0.4, 0.5) is 0 Å². The number of hydrogen-bond acceptors (Lipinski definition) is 4. The van der Waals surface area contributed by atoms with Gasteiger partial charge in [-0.05, 0) is 38.1 Å². The third-order valence-electron chi connectivity index (χ3n) is 2.64. The van der Waals surface area contributed by atoms with Crippen molar-refractivity contribution in [3.8, 4) is 0 Å². The summed E-state index contributed by atoms with van der Waals surface area (Å²) >= 11 is 5.83. The van der Waals surface area contributed by atoms with Gasteiger partial charge in [-0.3, -0.25) is 0 Å². The van der Waals surface area contributed by atoms with Crippen molar-refractivity contribution >= 4 is 34.0 Å². The molecular formula is C10H15Cl2N3O2S. The van der Waals surface area contributed by atoms with Crippen molar-refractivity contribution in [2.45, 2.75) is 23.9 Å². The second-order valence-corrected chi connectivity index (χ2v) is 5.97. The molecule has 1 aliphatic rings. The van der Waals surface area contributed by atoms with Crippen molar-refractivity contribution in [2.24, 2.45) is 0 Å². The van der Waals surface area contributed by atoms with Gasteiger partial charge in [0.1, 0.15) is 0 Å². The smallest absolute Gasteiger partial charge is 0.259 e. The maximum Gasteiger partial charge on any atom is 0.259 e. The number of nitrogens with zero attached hydrogens (tertiary/aromatic N) is 1. The van der Waals surface area contributed by atoms with Gasteiger partial charge in [0.05, 0.1) is 5.02 Å². The van der Waals surface area contributed by atoms with Gasteiger partial charge >= 0.3 is 0 Å². The largest absolute Gasteiger partial charge is 0.317 e. The van der Waals surface area contributed by atoms with E-state index in [-0.39, 0.29) is 28.5 Å². The number of nitrogens with one attached hydrogen (secondary N) is 2. The minimum atomic E-state index is -3.61. The molecule has 2 heterocycles. The summed E-state index contributed by atoms with van der Waals surface area (Å²) in [6.07, 6.45) is 2.98. The van der Waals surface area contributed by atoms with Gasteiger partial charge in [0.25, 0.3) is 10.0 Å². The number of rotatable bonds is 3. The Bertz CT molecular complexity index is 490. The average Bonchev–Trinajstić information content (AvgIpc) is 2.30. The molecule has 0 atom stereocenters. The van der Waals surface area contributed by atoms with Crippen molar-refractivity contribution in [1.82, 2.24) is 15.0 Å². The van der Waals surface area contributed by atoms with Crippen molar-refractivity contribution < 1.29 is 8.42 Å². The number of halogens is 2. The van der Waals surface area contributed by atoms with Crippen LogP contribution in [0.15, 0.2) is 23.4 Å². The van der Waals surface area contributed by atoms with E-state index in [2.05, 4.69) is 15.0 Å². The first-order valence-electron chi connectivity index (χ1n) is 5.43. The Balaban J connectivity index is 0.00000162. The fourth-order valence-electron chi connectivity index (χ4n) is 1.78. The van der Waals surface area contributed by atoms with Gasteiger partial charge in [-0.2, -0.15) is 0 Å². The maximum atomic E-state index is 12.0. The first-order valence-corrected chi connectivity index (χ1v) is 7.29. The fourth-order valence-corrected chi connectivity index (χ4v) is 3.52. The highest BCUT2D eigenvalue weighted by atomic mass is 35.5. The van der Waals surface area contributed by atoms with E-state index < -0.39 is 10.0 Å². The molecule has 2 N–H and O–H groups in total. The molecule has 0 aromatic carbocycles. The van der Waals surface area contributed by atoms with Gasteiger partial charge in [0.2, 0.25) is 0 Å². The summed E-state index contributed by atoms with van der Waals surface area (Å²) in [6, 6.07) is 3.08. The van der Waals surface area contributed by atoms with Crippen molar-refractivity contribution in [1.29, 1.82) is 0 Å². The summed E-state index contributed by atoms with van der Waals surface area (Å²) < 4.78 is 26.7. The molecule has 0 radical (unpaired) electrons. The summed E-state index contributed by atoms with van der Waals surface area (Å²) in [5.41, 5.74) is 0. The third-order valence-corrected chi connectivity index (χ3v) is 4.54. The molecule has 1 aromatic heterocycles. The molecule has 0 aliphatic carbocycles. The Morgan fingerprint density at radius 1 is 1.39 bits per heavy atom. The lowest BCUT2D eigenvalue weighted by molar-refractivity contribution is 0.426. The fraction of sp³-hybridized carbons (Fsp3) is 0.500. The molecule has 18 heavy (non-hydrogen) atoms. The molecule has 0 bridgehead atoms. The van der Waals surface area contributed by atoms with Gasteiger partial charge in [0.15, 0.2) is 5.03 Å². The van der Waals surface area contributed by atoms with E-state index in [1.54, 1.807) is 6.07 Å². The number of sulfonamides is 1. The lowest BCUT2D eigenvalue weighted by atomic mass is 10.1. The monoisotopic (exact) mass is 311 g/mol. The lowest BCUT2D eigenvalue weighted by Gasteiger charge is -2.23. The summed E-state index contributed by atoms with van der Waals surface area (Å²) in [5, 5.41) is 3.23. The quantitative estimate of drug-likeness (QED) is 0.879. The van der Waals surface area contributed by atoms with Gasteiger partial charge < -0.3 is 5.32 Å². The molecule has 0 spiro atoms. The SMILES string of the molecule is Cl.O=S(=O)(NC1CCNCC1)c1ncccc1Cl. The number of pyridine rings is 1. The molecular weight excluding hydrogens is 297 g/mol. The van der Waals surface area contributed by atoms with E-state index in [0.717, 1.165) is 25.9 Å². The second-order valence-electron chi connectivity index (χ2n) is 3.94. The zero-order valence-electron chi connectivity index (χ0n) is 9.60. The van der Waals surface area contributed by atoms with Crippen molar-refractivity contribution in [3.05, 3.63) is 23.4 Å². The molecule has 0 saturated carbocycles. The second kappa shape index (κ2) is 6.68. The minimum absolute atomic E-state index is 0. The van der Waals surface area contributed by atoms with E-state index >= 15 is 0 Å². The first-order chi connectivity index (χ1) is 8.09. The average molecular weight is 312 g/mol. The van der Waals surface area contributed by atoms with Gasteiger partial charge in [0, 0.05) is 12.2 Å². The number of aromatic nitrogens is 1. The minimum Gasteiger partial charge on any atom is -0.317 e. The molecule has 1 aliphatic heterocycles. The van der Waals surface area contributed by atoms with E-state index in [1.165, 1.54) is 12.3 Å². The van der Waals surface area contributed by atoms with E-state index in [1.807, 2.05) is 0 Å². The Kier molecular flexibility index (Phi) is 5.81. The summed E-state index contributed by atoms with van der Waals surface area (Å²) in [7, 11) is -3.61. The van der Waals surface area contributed by atoms with Gasteiger partial charge in [-0.1, -0.05) is 11.6 Å². The molecule has 8 heteroatoms. The van der Waals surface area contributed by atoms with E-state index in [0.29, 0.717) is 0 Å². The lowest BCUT2D eigenvalue weighted by Crippen LogP contribution is -2.42. The Morgan fingerprint density at radius 2 is 2.06 bits per heavy atom. The summed E-state index contributed by atoms with van der Waals surface area (Å²) in [5.74, 6) is 0. The highest BCUT2D eigenvalue weighted by Crippen LogP contribution is 2.18. The van der Waals surface area contributed by atoms with Crippen LogP contribution in [0.2, 0.25) is 5.02 Å². The predicted molar refractivity (Wildman–Crippen MR) is 72.7 cm³/mol. The highest BCUT2D eigenvalue weighted by molar-refractivity contribution is 7.89. The third kappa shape index (κ3) is 3.80. The molecule has 102 valence electrons. The molecule has 0 unspecified atom stereocenters. The van der Waals surface area contributed by atoms with Crippen molar-refractivity contribution in [2.75, 3.05) is 13.1 Å². The van der Waals surface area contributed by atoms with Crippen molar-refractivity contribution in [3.63, 3.8) is 0 Å². The number of piperidine rings is 1. The van der Waals surface area contributed by atoms with Crippen LogP contribution in [0, 0.1) is 0 Å². The predicted octanol–water partition coefficient (Wildman–Crippen LogP) is 1.19. The van der Waals surface area contributed by atoms with Crippen LogP contribution < -0.4 is 10.0 Å². The molecule has 2 rings (SSSR count). The molecule has 1 aromatic rings. The molecule has 1 fully saturated rings. The van der Waals surface area contributed by atoms with Crippen LogP contribution in [0.1, 0.15) is 12.8 Å². The van der Waals surface area contributed by atoms with Crippen LogP contribution in [0.25, 0.3) is 0 Å². The number of hydrogen-bond donors (Lipinski definition) is 2. The normalized spacial score (nSPS) is 17.2. The molecule has 0 amide bonds. The van der Waals surface area contributed by atoms with Crippen LogP contribution in [-0.2, 0) is 10.0 Å². The van der Waals surface area contributed by atoms with E-state index in [9.17, 15) is 8.42 Å². The maximum absolute atomic E-state index is 12.0. The Hall–Kier alpha value is -0.400. The summed E-state index contributed by atoms with van der Waals surface area (Å²) in [4.78, 5) is 3.82. The standard InChI is InChI=1S/C10H14ClN3O2S.ClH/c11-9-2-1-5-13-10(9)17(15,16)14-8-3-6-12-7-4-8;/h1-2,5,8,12,14H,3-4,6-7H2;1H. The van der Waals surface area contributed by atoms with Crippen LogP contribution in [0.3, 0.4) is 0 Å². The Morgan fingerprint density at radius 3 is 2.67 bits per heavy atom.